The highest BCUT2D eigenvalue weighted by Gasteiger charge is 2.46. The van der Waals surface area contributed by atoms with Gasteiger partial charge >= 0.3 is 0 Å². The molecule has 3 aliphatic heterocycles. The Kier molecular flexibility index (Phi) is 6.70. The Morgan fingerprint density at radius 1 is 1.00 bits per heavy atom. The Morgan fingerprint density at radius 2 is 1.73 bits per heavy atom. The van der Waals surface area contributed by atoms with Crippen LogP contribution in [0.4, 0.5) is 0 Å². The number of methoxy groups -OCH3 is 1. The molecule has 2 aromatic carbocycles. The van der Waals surface area contributed by atoms with Crippen molar-refractivity contribution in [2.75, 3.05) is 46.4 Å². The standard InChI is InChI=1S/C31H39N3O3/c1-37-27-11-7-23(8-12-27)18-34-22-31(17-29(34)35)13-15-32(16-14-31)19-26-20-33(30(36)25-9-10-25)21-28(26)24-5-3-2-4-6-24/h2-8,11-12,25-26,28H,9-10,13-22H2,1H3/t26-,28+/m0/s1. The summed E-state index contributed by atoms with van der Waals surface area (Å²) in [6.07, 6.45) is 4.96. The Balaban J connectivity index is 1.06. The molecule has 1 aliphatic carbocycles. The van der Waals surface area contributed by atoms with Crippen molar-refractivity contribution in [3.05, 3.63) is 65.7 Å². The van der Waals surface area contributed by atoms with Crippen LogP contribution in [0.5, 0.6) is 5.75 Å². The molecule has 6 rings (SSSR count). The highest BCUT2D eigenvalue weighted by Crippen LogP contribution is 2.43. The summed E-state index contributed by atoms with van der Waals surface area (Å²) in [6, 6.07) is 18.8. The van der Waals surface area contributed by atoms with Gasteiger partial charge in [-0.3, -0.25) is 9.59 Å². The number of likely N-dealkylation sites (tertiary alicyclic amines) is 3. The molecule has 4 fully saturated rings. The highest BCUT2D eigenvalue weighted by molar-refractivity contribution is 5.81. The Hall–Kier alpha value is -2.86. The minimum absolute atomic E-state index is 0.114. The number of ether oxygens (including phenoxy) is 1. The molecule has 0 radical (unpaired) electrons. The van der Waals surface area contributed by atoms with Crippen molar-refractivity contribution in [3.8, 4) is 5.75 Å². The maximum Gasteiger partial charge on any atom is 0.225 e. The molecule has 4 aliphatic rings. The third kappa shape index (κ3) is 5.26. The van der Waals surface area contributed by atoms with Crippen LogP contribution in [-0.4, -0.2) is 72.9 Å². The van der Waals surface area contributed by atoms with Gasteiger partial charge in [0.05, 0.1) is 7.11 Å². The van der Waals surface area contributed by atoms with Crippen LogP contribution in [0.25, 0.3) is 0 Å². The van der Waals surface area contributed by atoms with E-state index in [1.165, 1.54) is 5.56 Å². The first kappa shape index (κ1) is 24.5. The van der Waals surface area contributed by atoms with E-state index in [0.29, 0.717) is 36.6 Å². The summed E-state index contributed by atoms with van der Waals surface area (Å²) in [6.45, 7) is 6.40. The summed E-state index contributed by atoms with van der Waals surface area (Å²) in [4.78, 5) is 32.6. The van der Waals surface area contributed by atoms with Crippen molar-refractivity contribution < 1.29 is 14.3 Å². The van der Waals surface area contributed by atoms with E-state index in [4.69, 9.17) is 4.74 Å². The molecule has 2 aromatic rings. The zero-order valence-electron chi connectivity index (χ0n) is 22.0. The maximum absolute atomic E-state index is 12.9. The molecule has 1 spiro atoms. The van der Waals surface area contributed by atoms with Gasteiger partial charge in [-0.2, -0.15) is 0 Å². The van der Waals surface area contributed by atoms with Gasteiger partial charge in [-0.05, 0) is 73.4 Å². The van der Waals surface area contributed by atoms with Crippen LogP contribution in [0.1, 0.15) is 49.1 Å². The zero-order valence-corrected chi connectivity index (χ0v) is 22.0. The Labute approximate surface area is 220 Å². The minimum Gasteiger partial charge on any atom is -0.497 e. The second kappa shape index (κ2) is 10.1. The number of amides is 2. The molecule has 0 N–H and O–H groups in total. The van der Waals surface area contributed by atoms with E-state index in [-0.39, 0.29) is 11.3 Å². The predicted molar refractivity (Wildman–Crippen MR) is 143 cm³/mol. The number of nitrogens with zero attached hydrogens (tertiary/aromatic N) is 3. The third-order valence-corrected chi connectivity index (χ3v) is 9.25. The Bertz CT molecular complexity index is 1110. The van der Waals surface area contributed by atoms with Crippen LogP contribution in [0, 0.1) is 17.3 Å². The number of carbonyl (C=O) groups is 2. The largest absolute Gasteiger partial charge is 0.497 e. The van der Waals surface area contributed by atoms with Crippen molar-refractivity contribution in [1.82, 2.24) is 14.7 Å². The SMILES string of the molecule is COc1ccc(CN2CC3(CCN(C[C@H]4CN(C(=O)C5CC5)C[C@@H]4c4ccccc4)CC3)CC2=O)cc1. The zero-order chi connectivity index (χ0) is 25.4. The minimum atomic E-state index is 0.114. The molecule has 3 heterocycles. The van der Waals surface area contributed by atoms with Crippen LogP contribution in [0.15, 0.2) is 54.6 Å². The Morgan fingerprint density at radius 3 is 2.41 bits per heavy atom. The number of carbonyl (C=O) groups excluding carboxylic acids is 2. The fraction of sp³-hybridized carbons (Fsp3) is 0.548. The van der Waals surface area contributed by atoms with Gasteiger partial charge in [0, 0.05) is 51.0 Å². The number of hydrogen-bond acceptors (Lipinski definition) is 4. The number of piperidine rings is 1. The van der Waals surface area contributed by atoms with E-state index in [9.17, 15) is 9.59 Å². The van der Waals surface area contributed by atoms with Crippen LogP contribution >= 0.6 is 0 Å². The summed E-state index contributed by atoms with van der Waals surface area (Å²) in [7, 11) is 1.67. The fourth-order valence-electron chi connectivity index (χ4n) is 6.86. The molecule has 2 atom stereocenters. The van der Waals surface area contributed by atoms with E-state index < -0.39 is 0 Å². The molecule has 6 heteroatoms. The summed E-state index contributed by atoms with van der Waals surface area (Å²) >= 11 is 0. The smallest absolute Gasteiger partial charge is 0.225 e. The second-order valence-corrected chi connectivity index (χ2v) is 11.9. The maximum atomic E-state index is 12.9. The first-order chi connectivity index (χ1) is 18.0. The average Bonchev–Trinajstić information content (AvgIpc) is 3.63. The third-order valence-electron chi connectivity index (χ3n) is 9.25. The lowest BCUT2D eigenvalue weighted by molar-refractivity contribution is -0.131. The number of hydrogen-bond donors (Lipinski definition) is 0. The molecular formula is C31H39N3O3. The van der Waals surface area contributed by atoms with E-state index in [2.05, 4.69) is 57.2 Å². The van der Waals surface area contributed by atoms with Crippen LogP contribution in [0.3, 0.4) is 0 Å². The quantitative estimate of drug-likeness (QED) is 0.572. The van der Waals surface area contributed by atoms with Gasteiger partial charge in [0.25, 0.3) is 0 Å². The molecule has 0 unspecified atom stereocenters. The van der Waals surface area contributed by atoms with E-state index in [1.807, 2.05) is 12.1 Å². The van der Waals surface area contributed by atoms with Gasteiger partial charge in [0.1, 0.15) is 5.75 Å². The van der Waals surface area contributed by atoms with Crippen LogP contribution < -0.4 is 4.74 Å². The molecule has 2 amide bonds. The molecular weight excluding hydrogens is 462 g/mol. The number of rotatable bonds is 7. The molecule has 37 heavy (non-hydrogen) atoms. The summed E-state index contributed by atoms with van der Waals surface area (Å²) in [5.74, 6) is 2.67. The normalized spacial score (nSPS) is 25.7. The molecule has 0 bridgehead atoms. The lowest BCUT2D eigenvalue weighted by Gasteiger charge is -2.40. The molecule has 3 saturated heterocycles. The average molecular weight is 502 g/mol. The van der Waals surface area contributed by atoms with E-state index >= 15 is 0 Å². The number of benzene rings is 2. The first-order valence-corrected chi connectivity index (χ1v) is 14.0. The monoisotopic (exact) mass is 501 g/mol. The highest BCUT2D eigenvalue weighted by atomic mass is 16.5. The van der Waals surface area contributed by atoms with Crippen LogP contribution in [0.2, 0.25) is 0 Å². The first-order valence-electron chi connectivity index (χ1n) is 14.0. The van der Waals surface area contributed by atoms with Crippen LogP contribution in [-0.2, 0) is 16.1 Å². The van der Waals surface area contributed by atoms with E-state index in [1.54, 1.807) is 7.11 Å². The molecule has 6 nitrogen and oxygen atoms in total. The molecule has 1 saturated carbocycles. The van der Waals surface area contributed by atoms with Gasteiger partial charge in [-0.15, -0.1) is 0 Å². The van der Waals surface area contributed by atoms with Gasteiger partial charge in [0.15, 0.2) is 0 Å². The summed E-state index contributed by atoms with van der Waals surface area (Å²) in [5.41, 5.74) is 2.63. The van der Waals surface area contributed by atoms with Gasteiger partial charge in [-0.1, -0.05) is 42.5 Å². The van der Waals surface area contributed by atoms with Crippen molar-refractivity contribution >= 4 is 11.8 Å². The summed E-state index contributed by atoms with van der Waals surface area (Å²) < 4.78 is 5.27. The fourth-order valence-corrected chi connectivity index (χ4v) is 6.86. The summed E-state index contributed by atoms with van der Waals surface area (Å²) in [5, 5.41) is 0. The van der Waals surface area contributed by atoms with Crippen molar-refractivity contribution in [2.24, 2.45) is 17.3 Å². The van der Waals surface area contributed by atoms with Crippen molar-refractivity contribution in [1.29, 1.82) is 0 Å². The molecule has 0 aromatic heterocycles. The van der Waals surface area contributed by atoms with Gasteiger partial charge in [0.2, 0.25) is 11.8 Å². The van der Waals surface area contributed by atoms with Gasteiger partial charge in [-0.25, -0.2) is 0 Å². The molecule has 196 valence electrons. The van der Waals surface area contributed by atoms with Gasteiger partial charge < -0.3 is 19.4 Å². The van der Waals surface area contributed by atoms with E-state index in [0.717, 1.165) is 76.3 Å². The topological polar surface area (TPSA) is 53.1 Å². The van der Waals surface area contributed by atoms with Crippen molar-refractivity contribution in [2.45, 2.75) is 44.6 Å². The lowest BCUT2D eigenvalue weighted by Crippen LogP contribution is -2.44. The second-order valence-electron chi connectivity index (χ2n) is 11.9. The lowest BCUT2D eigenvalue weighted by atomic mass is 9.77. The predicted octanol–water partition coefficient (Wildman–Crippen LogP) is 4.16. The van der Waals surface area contributed by atoms with Crippen molar-refractivity contribution in [3.63, 3.8) is 0 Å².